The molecule has 2 aromatic rings. The highest BCUT2D eigenvalue weighted by Gasteiger charge is 2.37. The molecule has 2 heterocycles. The largest absolute Gasteiger partial charge is 0.379 e. The minimum Gasteiger partial charge on any atom is -0.379 e. The summed E-state index contributed by atoms with van der Waals surface area (Å²) in [6.07, 6.45) is 1.44. The quantitative estimate of drug-likeness (QED) is 0.410. The third-order valence-electron chi connectivity index (χ3n) is 5.36. The summed E-state index contributed by atoms with van der Waals surface area (Å²) in [7, 11) is -4.17. The van der Waals surface area contributed by atoms with Gasteiger partial charge in [-0.25, -0.2) is 0 Å². The third-order valence-corrected chi connectivity index (χ3v) is 7.52. The molecule has 194 valence electrons. The number of ether oxygens (including phenoxy) is 1. The highest BCUT2D eigenvalue weighted by atomic mass is 32.2. The van der Waals surface area contributed by atoms with Crippen LogP contribution in [0.2, 0.25) is 0 Å². The summed E-state index contributed by atoms with van der Waals surface area (Å²) in [6, 6.07) is 11.5. The van der Waals surface area contributed by atoms with Crippen LogP contribution in [0.15, 0.2) is 58.3 Å². The van der Waals surface area contributed by atoms with Crippen LogP contribution in [0.1, 0.15) is 12.5 Å². The lowest BCUT2D eigenvalue weighted by molar-refractivity contribution is -0.139. The molecule has 2 aliphatic heterocycles. The van der Waals surface area contributed by atoms with Gasteiger partial charge in [-0.05, 0) is 59.8 Å². The second-order valence-electron chi connectivity index (χ2n) is 8.08. The van der Waals surface area contributed by atoms with Crippen LogP contribution in [0.3, 0.4) is 0 Å². The number of morpholine rings is 1. The number of hydrogen-bond acceptors (Lipinski definition) is 9. The molecule has 11 nitrogen and oxygen atoms in total. The minimum absolute atomic E-state index is 0.00131. The third kappa shape index (κ3) is 6.56. The van der Waals surface area contributed by atoms with Crippen molar-refractivity contribution in [2.75, 3.05) is 38.2 Å². The van der Waals surface area contributed by atoms with Crippen LogP contribution in [0, 0.1) is 0 Å². The topological polar surface area (TPSA) is 139 Å². The molecule has 0 aliphatic carbocycles. The van der Waals surface area contributed by atoms with Gasteiger partial charge in [0, 0.05) is 25.7 Å². The van der Waals surface area contributed by atoms with Crippen LogP contribution >= 0.6 is 11.8 Å². The van der Waals surface area contributed by atoms with Gasteiger partial charge in [-0.2, -0.15) is 8.42 Å². The first-order chi connectivity index (χ1) is 17.6. The van der Waals surface area contributed by atoms with Crippen molar-refractivity contribution in [2.45, 2.75) is 11.8 Å². The van der Waals surface area contributed by atoms with Gasteiger partial charge in [0.2, 0.25) is 11.8 Å². The Balaban J connectivity index is 1.45. The molecule has 13 heteroatoms. The first-order valence-corrected chi connectivity index (χ1v) is 13.4. The molecule has 2 fully saturated rings. The van der Waals surface area contributed by atoms with Gasteiger partial charge in [0.1, 0.15) is 17.2 Å². The summed E-state index contributed by atoms with van der Waals surface area (Å²) >= 11 is 0.701. The molecule has 1 N–H and O–H groups in total. The lowest BCUT2D eigenvalue weighted by atomic mass is 10.2. The van der Waals surface area contributed by atoms with Crippen molar-refractivity contribution >= 4 is 56.6 Å². The highest BCUT2D eigenvalue weighted by molar-refractivity contribution is 8.18. The van der Waals surface area contributed by atoms with Crippen LogP contribution in [0.25, 0.3) is 6.08 Å². The SMILES string of the molecule is CC(=O)Nc1ccc(S(=O)(=O)Oc2cccc(/C=C3\SC(=O)N(CC(=O)N4CCOCC4)C3=O)c2)cc1. The van der Waals surface area contributed by atoms with Gasteiger partial charge < -0.3 is 19.1 Å². The fourth-order valence-electron chi connectivity index (χ4n) is 3.57. The summed E-state index contributed by atoms with van der Waals surface area (Å²) in [5.41, 5.74) is 0.868. The van der Waals surface area contributed by atoms with Gasteiger partial charge in [0.05, 0.1) is 18.1 Å². The molecule has 0 unspecified atom stereocenters. The number of nitrogens with one attached hydrogen (secondary N) is 1. The van der Waals surface area contributed by atoms with E-state index in [4.69, 9.17) is 8.92 Å². The van der Waals surface area contributed by atoms with E-state index in [0.29, 0.717) is 49.3 Å². The molecular weight excluding hydrogens is 522 g/mol. The number of nitrogens with zero attached hydrogens (tertiary/aromatic N) is 2. The average molecular weight is 546 g/mol. The van der Waals surface area contributed by atoms with Crippen LogP contribution in [-0.4, -0.2) is 74.0 Å². The number of thioether (sulfide) groups is 1. The molecule has 0 aromatic heterocycles. The monoisotopic (exact) mass is 545 g/mol. The predicted octanol–water partition coefficient (Wildman–Crippen LogP) is 2.31. The average Bonchev–Trinajstić information content (AvgIpc) is 3.11. The second-order valence-corrected chi connectivity index (χ2v) is 10.6. The fourth-order valence-corrected chi connectivity index (χ4v) is 5.34. The number of carbonyl (C=O) groups is 4. The number of benzene rings is 2. The van der Waals surface area contributed by atoms with Gasteiger partial charge in [-0.15, -0.1) is 0 Å². The molecule has 0 spiro atoms. The highest BCUT2D eigenvalue weighted by Crippen LogP contribution is 2.33. The Morgan fingerprint density at radius 2 is 1.81 bits per heavy atom. The Morgan fingerprint density at radius 3 is 2.49 bits per heavy atom. The summed E-state index contributed by atoms with van der Waals surface area (Å²) in [4.78, 5) is 51.2. The van der Waals surface area contributed by atoms with E-state index in [9.17, 15) is 27.6 Å². The maximum Gasteiger partial charge on any atom is 0.339 e. The van der Waals surface area contributed by atoms with Crippen molar-refractivity contribution < 1.29 is 36.5 Å². The Morgan fingerprint density at radius 1 is 1.11 bits per heavy atom. The van der Waals surface area contributed by atoms with E-state index in [1.54, 1.807) is 17.0 Å². The van der Waals surface area contributed by atoms with Crippen LogP contribution in [0.5, 0.6) is 5.75 Å². The van der Waals surface area contributed by atoms with Crippen molar-refractivity contribution in [3.8, 4) is 5.75 Å². The fraction of sp³-hybridized carbons (Fsp3) is 0.250. The Labute approximate surface area is 217 Å². The maximum absolute atomic E-state index is 12.8. The first kappa shape index (κ1) is 26.4. The van der Waals surface area contributed by atoms with E-state index in [-0.39, 0.29) is 33.9 Å². The van der Waals surface area contributed by atoms with Gasteiger partial charge in [-0.3, -0.25) is 24.1 Å². The zero-order valence-corrected chi connectivity index (χ0v) is 21.3. The lowest BCUT2D eigenvalue weighted by Crippen LogP contribution is -2.46. The summed E-state index contributed by atoms with van der Waals surface area (Å²) < 4.78 is 35.8. The number of rotatable bonds is 7. The molecule has 0 saturated carbocycles. The van der Waals surface area contributed by atoms with Crippen molar-refractivity contribution in [3.05, 3.63) is 59.0 Å². The zero-order valence-electron chi connectivity index (χ0n) is 19.7. The molecular formula is C24H23N3O8S2. The van der Waals surface area contributed by atoms with Gasteiger partial charge in [0.15, 0.2) is 0 Å². The van der Waals surface area contributed by atoms with E-state index in [1.165, 1.54) is 49.4 Å². The zero-order chi connectivity index (χ0) is 26.6. The number of imide groups is 1. The summed E-state index contributed by atoms with van der Waals surface area (Å²) in [5.74, 6) is -1.22. The van der Waals surface area contributed by atoms with E-state index in [2.05, 4.69) is 5.32 Å². The van der Waals surface area contributed by atoms with E-state index < -0.39 is 21.3 Å². The number of amides is 4. The Kier molecular flexibility index (Phi) is 7.95. The molecule has 0 radical (unpaired) electrons. The standard InChI is InChI=1S/C24H23N3O8S2/c1-16(28)25-18-5-7-20(8-6-18)37(32,33)35-19-4-2-3-17(13-19)14-21-23(30)27(24(31)36-21)15-22(29)26-9-11-34-12-10-26/h2-8,13-14H,9-12,15H2,1H3,(H,25,28)/b21-14-. The maximum atomic E-state index is 12.8. The molecule has 0 bridgehead atoms. The van der Waals surface area contributed by atoms with Gasteiger partial charge >= 0.3 is 10.1 Å². The van der Waals surface area contributed by atoms with Crippen molar-refractivity contribution in [2.24, 2.45) is 0 Å². The number of anilines is 1. The minimum atomic E-state index is -4.17. The first-order valence-electron chi connectivity index (χ1n) is 11.2. The Hall–Kier alpha value is -3.68. The summed E-state index contributed by atoms with van der Waals surface area (Å²) in [6.45, 7) is 2.60. The molecule has 0 atom stereocenters. The molecule has 2 aromatic carbocycles. The molecule has 4 amide bonds. The lowest BCUT2D eigenvalue weighted by Gasteiger charge is -2.28. The van der Waals surface area contributed by atoms with Crippen LogP contribution < -0.4 is 9.50 Å². The van der Waals surface area contributed by atoms with Crippen LogP contribution in [-0.2, 0) is 29.2 Å². The van der Waals surface area contributed by atoms with E-state index >= 15 is 0 Å². The van der Waals surface area contributed by atoms with Crippen molar-refractivity contribution in [1.29, 1.82) is 0 Å². The van der Waals surface area contributed by atoms with Crippen molar-refractivity contribution in [1.82, 2.24) is 9.80 Å². The smallest absolute Gasteiger partial charge is 0.339 e. The van der Waals surface area contributed by atoms with E-state index in [0.717, 1.165) is 4.90 Å². The van der Waals surface area contributed by atoms with Crippen LogP contribution in [0.4, 0.5) is 10.5 Å². The molecule has 4 rings (SSSR count). The predicted molar refractivity (Wildman–Crippen MR) is 135 cm³/mol. The summed E-state index contributed by atoms with van der Waals surface area (Å²) in [5, 5.41) is 1.99. The van der Waals surface area contributed by atoms with Crippen molar-refractivity contribution in [3.63, 3.8) is 0 Å². The molecule has 37 heavy (non-hydrogen) atoms. The Bertz CT molecular complexity index is 1370. The van der Waals surface area contributed by atoms with Gasteiger partial charge in [0.25, 0.3) is 11.1 Å². The second kappa shape index (κ2) is 11.2. The van der Waals surface area contributed by atoms with E-state index in [1.807, 2.05) is 0 Å². The normalized spacial score (nSPS) is 17.3. The number of carbonyl (C=O) groups excluding carboxylic acids is 4. The molecule has 2 aliphatic rings. The number of hydrogen-bond donors (Lipinski definition) is 1. The van der Waals surface area contributed by atoms with Gasteiger partial charge in [-0.1, -0.05) is 12.1 Å². The molecule has 2 saturated heterocycles.